The van der Waals surface area contributed by atoms with Crippen LogP contribution in [0.2, 0.25) is 0 Å². The highest BCUT2D eigenvalue weighted by molar-refractivity contribution is 6.07. The number of carbonyl (C=O) groups excluding carboxylic acids is 1. The number of nitrogens with one attached hydrogen (secondary N) is 1. The lowest BCUT2D eigenvalue weighted by Gasteiger charge is -2.33. The van der Waals surface area contributed by atoms with Gasteiger partial charge in [-0.15, -0.1) is 0 Å². The number of hydrogen-bond acceptors (Lipinski definition) is 2. The van der Waals surface area contributed by atoms with Crippen LogP contribution in [-0.2, 0) is 5.41 Å². The van der Waals surface area contributed by atoms with Gasteiger partial charge in [-0.3, -0.25) is 4.79 Å². The summed E-state index contributed by atoms with van der Waals surface area (Å²) in [5.74, 6) is -0.0534. The topological polar surface area (TPSA) is 45.8 Å². The van der Waals surface area contributed by atoms with Crippen LogP contribution in [0, 0.1) is 0 Å². The summed E-state index contributed by atoms with van der Waals surface area (Å²) in [6.07, 6.45) is 3.20. The highest BCUT2D eigenvalue weighted by atomic mass is 16.1. The standard InChI is InChI=1S/C23H18N2O/c26-22(21-16-24-17-25-21)23(18-10-4-1-5-11-18,19-12-6-2-7-13-19)20-14-8-3-9-15-20/h1-17H,(H,24,25). The third-order valence-corrected chi connectivity index (χ3v) is 4.69. The van der Waals surface area contributed by atoms with Crippen LogP contribution in [0.4, 0.5) is 0 Å². The summed E-state index contributed by atoms with van der Waals surface area (Å²) >= 11 is 0. The van der Waals surface area contributed by atoms with Crippen molar-refractivity contribution in [2.75, 3.05) is 0 Å². The lowest BCUT2D eigenvalue weighted by atomic mass is 9.66. The molecule has 4 aromatic rings. The Morgan fingerprint density at radius 2 is 1.12 bits per heavy atom. The van der Waals surface area contributed by atoms with Gasteiger partial charge in [-0.2, -0.15) is 0 Å². The number of ketones is 1. The minimum absolute atomic E-state index is 0.0534. The summed E-state index contributed by atoms with van der Waals surface area (Å²) in [4.78, 5) is 21.0. The number of Topliss-reactive ketones (excluding diaryl/α,β-unsaturated/α-hetero) is 1. The number of hydrogen-bond donors (Lipinski definition) is 1. The molecule has 0 amide bonds. The molecule has 4 rings (SSSR count). The molecular weight excluding hydrogens is 320 g/mol. The van der Waals surface area contributed by atoms with Crippen molar-refractivity contribution in [2.45, 2.75) is 5.41 Å². The van der Waals surface area contributed by atoms with Gasteiger partial charge in [-0.25, -0.2) is 4.98 Å². The summed E-state index contributed by atoms with van der Waals surface area (Å²) in [6, 6.07) is 29.7. The van der Waals surface area contributed by atoms with Gasteiger partial charge in [-0.1, -0.05) is 91.0 Å². The Hall–Kier alpha value is -3.46. The third-order valence-electron chi connectivity index (χ3n) is 4.69. The van der Waals surface area contributed by atoms with E-state index >= 15 is 0 Å². The van der Waals surface area contributed by atoms with Gasteiger partial charge in [0, 0.05) is 6.20 Å². The van der Waals surface area contributed by atoms with Gasteiger partial charge in [-0.05, 0) is 16.7 Å². The van der Waals surface area contributed by atoms with E-state index in [1.165, 1.54) is 0 Å². The Bertz CT molecular complexity index is 882. The number of carbonyl (C=O) groups is 1. The molecule has 0 bridgehead atoms. The number of aromatic nitrogens is 2. The highest BCUT2D eigenvalue weighted by Gasteiger charge is 2.44. The van der Waals surface area contributed by atoms with E-state index in [-0.39, 0.29) is 5.78 Å². The summed E-state index contributed by atoms with van der Waals surface area (Å²) in [6.45, 7) is 0. The molecule has 0 atom stereocenters. The molecule has 1 aromatic heterocycles. The monoisotopic (exact) mass is 338 g/mol. The molecule has 0 aliphatic heterocycles. The largest absolute Gasteiger partial charge is 0.350 e. The van der Waals surface area contributed by atoms with Crippen molar-refractivity contribution in [3.05, 3.63) is 126 Å². The third kappa shape index (κ3) is 2.54. The fourth-order valence-corrected chi connectivity index (χ4v) is 3.53. The lowest BCUT2D eigenvalue weighted by Crippen LogP contribution is -2.38. The lowest BCUT2D eigenvalue weighted by molar-refractivity contribution is 0.0930. The van der Waals surface area contributed by atoms with E-state index in [0.29, 0.717) is 5.69 Å². The van der Waals surface area contributed by atoms with Crippen LogP contribution in [0.15, 0.2) is 104 Å². The van der Waals surface area contributed by atoms with Gasteiger partial charge < -0.3 is 4.98 Å². The van der Waals surface area contributed by atoms with Crippen LogP contribution in [0.5, 0.6) is 0 Å². The molecule has 0 fully saturated rings. The minimum atomic E-state index is -0.959. The first-order valence-electron chi connectivity index (χ1n) is 8.53. The summed E-state index contributed by atoms with van der Waals surface area (Å²) < 4.78 is 0. The maximum atomic E-state index is 13.8. The first kappa shape index (κ1) is 16.0. The number of nitrogens with zero attached hydrogens (tertiary/aromatic N) is 1. The van der Waals surface area contributed by atoms with Gasteiger partial charge >= 0.3 is 0 Å². The first-order valence-corrected chi connectivity index (χ1v) is 8.53. The molecular formula is C23H18N2O. The SMILES string of the molecule is O=C(c1c[nH]cn1)C(c1ccccc1)(c1ccccc1)c1ccccc1. The molecule has 0 unspecified atom stereocenters. The zero-order valence-corrected chi connectivity index (χ0v) is 14.2. The number of aromatic amines is 1. The Balaban J connectivity index is 2.09. The quantitative estimate of drug-likeness (QED) is 0.426. The fourth-order valence-electron chi connectivity index (χ4n) is 3.53. The van der Waals surface area contributed by atoms with Gasteiger partial charge in [0.2, 0.25) is 5.78 Å². The van der Waals surface area contributed by atoms with Crippen LogP contribution >= 0.6 is 0 Å². The molecule has 0 aliphatic carbocycles. The van der Waals surface area contributed by atoms with E-state index in [2.05, 4.69) is 9.97 Å². The molecule has 3 aromatic carbocycles. The van der Waals surface area contributed by atoms with Crippen LogP contribution in [0.3, 0.4) is 0 Å². The van der Waals surface area contributed by atoms with Gasteiger partial charge in [0.05, 0.1) is 6.33 Å². The predicted molar refractivity (Wildman–Crippen MR) is 102 cm³/mol. The van der Waals surface area contributed by atoms with E-state index < -0.39 is 5.41 Å². The average molecular weight is 338 g/mol. The molecule has 0 spiro atoms. The molecule has 0 aliphatic rings. The summed E-state index contributed by atoms with van der Waals surface area (Å²) in [7, 11) is 0. The first-order chi connectivity index (χ1) is 12.8. The number of benzene rings is 3. The smallest absolute Gasteiger partial charge is 0.202 e. The van der Waals surface area contributed by atoms with Crippen LogP contribution in [0.1, 0.15) is 27.2 Å². The Kier molecular flexibility index (Phi) is 4.20. The molecule has 0 radical (unpaired) electrons. The molecule has 1 N–H and O–H groups in total. The second kappa shape index (κ2) is 6.81. The molecule has 0 saturated heterocycles. The maximum absolute atomic E-state index is 13.8. The Labute approximate surface area is 152 Å². The average Bonchev–Trinajstić information content (AvgIpc) is 3.26. The predicted octanol–water partition coefficient (Wildman–Crippen LogP) is 4.63. The van der Waals surface area contributed by atoms with Crippen molar-refractivity contribution in [3.63, 3.8) is 0 Å². The molecule has 126 valence electrons. The van der Waals surface area contributed by atoms with Crippen LogP contribution < -0.4 is 0 Å². The van der Waals surface area contributed by atoms with E-state index in [1.807, 2.05) is 91.0 Å². The fraction of sp³-hybridized carbons (Fsp3) is 0.0435. The second-order valence-corrected chi connectivity index (χ2v) is 6.13. The van der Waals surface area contributed by atoms with Crippen molar-refractivity contribution in [1.82, 2.24) is 9.97 Å². The van der Waals surface area contributed by atoms with Gasteiger partial charge in [0.25, 0.3) is 0 Å². The molecule has 0 saturated carbocycles. The van der Waals surface area contributed by atoms with Gasteiger partial charge in [0.15, 0.2) is 0 Å². The van der Waals surface area contributed by atoms with Crippen molar-refractivity contribution in [2.24, 2.45) is 0 Å². The Morgan fingerprint density at radius 3 is 1.46 bits per heavy atom. The molecule has 3 nitrogen and oxygen atoms in total. The highest BCUT2D eigenvalue weighted by Crippen LogP contribution is 2.41. The zero-order chi connectivity index (χ0) is 17.8. The zero-order valence-electron chi connectivity index (χ0n) is 14.2. The minimum Gasteiger partial charge on any atom is -0.350 e. The Morgan fingerprint density at radius 1 is 0.692 bits per heavy atom. The van der Waals surface area contributed by atoms with E-state index in [9.17, 15) is 4.79 Å². The number of H-pyrrole nitrogens is 1. The summed E-state index contributed by atoms with van der Waals surface area (Å²) in [5, 5.41) is 0. The maximum Gasteiger partial charge on any atom is 0.202 e. The van der Waals surface area contributed by atoms with Crippen molar-refractivity contribution >= 4 is 5.78 Å². The number of imidazole rings is 1. The van der Waals surface area contributed by atoms with Crippen LogP contribution in [-0.4, -0.2) is 15.8 Å². The van der Waals surface area contributed by atoms with Gasteiger partial charge in [0.1, 0.15) is 11.1 Å². The van der Waals surface area contributed by atoms with Crippen LogP contribution in [0.25, 0.3) is 0 Å². The van der Waals surface area contributed by atoms with E-state index in [1.54, 1.807) is 12.5 Å². The number of rotatable bonds is 5. The summed E-state index contributed by atoms with van der Waals surface area (Å²) in [5.41, 5.74) is 2.22. The molecule has 3 heteroatoms. The molecule has 1 heterocycles. The van der Waals surface area contributed by atoms with E-state index in [4.69, 9.17) is 0 Å². The molecule has 26 heavy (non-hydrogen) atoms. The van der Waals surface area contributed by atoms with Crippen molar-refractivity contribution < 1.29 is 4.79 Å². The van der Waals surface area contributed by atoms with Crippen molar-refractivity contribution in [3.8, 4) is 0 Å². The normalized spacial score (nSPS) is 11.2. The second-order valence-electron chi connectivity index (χ2n) is 6.13. The van der Waals surface area contributed by atoms with E-state index in [0.717, 1.165) is 16.7 Å². The van der Waals surface area contributed by atoms with Crippen molar-refractivity contribution in [1.29, 1.82) is 0 Å².